The summed E-state index contributed by atoms with van der Waals surface area (Å²) in [6, 6.07) is 3.41. The quantitative estimate of drug-likeness (QED) is 0.690. The Morgan fingerprint density at radius 1 is 1.19 bits per heavy atom. The van der Waals surface area contributed by atoms with E-state index in [2.05, 4.69) is 15.3 Å². The zero-order chi connectivity index (χ0) is 22.0. The van der Waals surface area contributed by atoms with Gasteiger partial charge in [-0.05, 0) is 12.8 Å². The summed E-state index contributed by atoms with van der Waals surface area (Å²) in [5.41, 5.74) is 7.24. The van der Waals surface area contributed by atoms with Gasteiger partial charge >= 0.3 is 0 Å². The van der Waals surface area contributed by atoms with Gasteiger partial charge in [-0.2, -0.15) is 0 Å². The van der Waals surface area contributed by atoms with Gasteiger partial charge in [-0.3, -0.25) is 9.79 Å². The van der Waals surface area contributed by atoms with E-state index >= 15 is 0 Å². The minimum absolute atomic E-state index is 0.284. The average molecular weight is 426 g/mol. The van der Waals surface area contributed by atoms with E-state index in [1.165, 1.54) is 0 Å². The van der Waals surface area contributed by atoms with Gasteiger partial charge in [-0.25, -0.2) is 4.98 Å². The van der Waals surface area contributed by atoms with Crippen molar-refractivity contribution < 1.29 is 19.0 Å². The van der Waals surface area contributed by atoms with E-state index < -0.39 is 0 Å². The molecule has 1 aromatic heterocycles. The van der Waals surface area contributed by atoms with Gasteiger partial charge in [0.1, 0.15) is 24.0 Å². The molecule has 2 aliphatic heterocycles. The van der Waals surface area contributed by atoms with Crippen LogP contribution in [0.1, 0.15) is 12.8 Å². The number of anilines is 1. The van der Waals surface area contributed by atoms with E-state index in [0.717, 1.165) is 36.6 Å². The van der Waals surface area contributed by atoms with Crippen molar-refractivity contribution in [3.63, 3.8) is 0 Å². The molecule has 3 N–H and O–H groups in total. The molecule has 1 unspecified atom stereocenters. The molecule has 1 saturated heterocycles. The number of amides is 1. The SMILES string of the molecule is COc1cc(-n2cnc(NC3=CC(N4CCCC4C(N)=O)=NC3)c2)cc(OC)c1OC. The monoisotopic (exact) mass is 426 g/mol. The van der Waals surface area contributed by atoms with Gasteiger partial charge < -0.3 is 34.7 Å². The summed E-state index contributed by atoms with van der Waals surface area (Å²) in [7, 11) is 4.73. The second kappa shape index (κ2) is 8.58. The van der Waals surface area contributed by atoms with Crippen LogP contribution in [-0.2, 0) is 4.79 Å². The number of nitrogens with two attached hydrogens (primary N) is 1. The first-order valence-corrected chi connectivity index (χ1v) is 9.96. The van der Waals surface area contributed by atoms with Crippen LogP contribution in [-0.4, -0.2) is 66.7 Å². The zero-order valence-electron chi connectivity index (χ0n) is 17.8. The Labute approximate surface area is 180 Å². The third kappa shape index (κ3) is 4.00. The number of primary amides is 1. The number of methoxy groups -OCH3 is 3. The van der Waals surface area contributed by atoms with Crippen LogP contribution in [0.25, 0.3) is 5.69 Å². The smallest absolute Gasteiger partial charge is 0.240 e. The standard InChI is InChI=1S/C21H26N6O4/c1-29-16-8-14(9-17(30-2)20(16)31-3)26-11-18(24-12-26)25-13-7-19(23-10-13)27-6-4-5-15(27)21(22)28/h7-9,11-12,15,25H,4-6,10H2,1-3H3,(H2,22,28). The minimum Gasteiger partial charge on any atom is -0.493 e. The second-order valence-corrected chi connectivity index (χ2v) is 7.27. The molecule has 1 aromatic carbocycles. The van der Waals surface area contributed by atoms with Crippen molar-refractivity contribution in [2.75, 3.05) is 39.7 Å². The normalized spacial score (nSPS) is 17.9. The van der Waals surface area contributed by atoms with Crippen molar-refractivity contribution in [3.05, 3.63) is 36.4 Å². The second-order valence-electron chi connectivity index (χ2n) is 7.27. The van der Waals surface area contributed by atoms with Crippen LogP contribution in [0.5, 0.6) is 17.2 Å². The number of ether oxygens (including phenoxy) is 3. The van der Waals surface area contributed by atoms with Crippen LogP contribution in [0, 0.1) is 0 Å². The van der Waals surface area contributed by atoms with Crippen LogP contribution in [0.3, 0.4) is 0 Å². The molecule has 1 atom stereocenters. The van der Waals surface area contributed by atoms with Crippen molar-refractivity contribution in [3.8, 4) is 22.9 Å². The van der Waals surface area contributed by atoms with Crippen molar-refractivity contribution in [1.82, 2.24) is 14.5 Å². The van der Waals surface area contributed by atoms with E-state index in [-0.39, 0.29) is 11.9 Å². The van der Waals surface area contributed by atoms with Crippen molar-refractivity contribution in [2.45, 2.75) is 18.9 Å². The van der Waals surface area contributed by atoms with Gasteiger partial charge in [0.25, 0.3) is 0 Å². The summed E-state index contributed by atoms with van der Waals surface area (Å²) in [5.74, 6) is 2.80. The topological polar surface area (TPSA) is 116 Å². The first-order valence-electron chi connectivity index (χ1n) is 9.96. The van der Waals surface area contributed by atoms with Gasteiger partial charge in [-0.15, -0.1) is 0 Å². The first kappa shape index (κ1) is 20.6. The molecular formula is C21H26N6O4. The fourth-order valence-electron chi connectivity index (χ4n) is 3.91. The molecule has 2 aromatic rings. The highest BCUT2D eigenvalue weighted by Gasteiger charge is 2.31. The largest absolute Gasteiger partial charge is 0.493 e. The number of rotatable bonds is 7. The molecule has 0 saturated carbocycles. The average Bonchev–Trinajstić information content (AvgIpc) is 3.53. The highest BCUT2D eigenvalue weighted by molar-refractivity contribution is 5.99. The summed E-state index contributed by atoms with van der Waals surface area (Å²) in [5, 5.41) is 3.29. The lowest BCUT2D eigenvalue weighted by atomic mass is 10.2. The zero-order valence-corrected chi connectivity index (χ0v) is 17.8. The Hall–Kier alpha value is -3.69. The molecule has 164 valence electrons. The molecule has 4 rings (SSSR count). The van der Waals surface area contributed by atoms with E-state index in [0.29, 0.717) is 29.6 Å². The third-order valence-corrected chi connectivity index (χ3v) is 5.41. The first-order chi connectivity index (χ1) is 15.0. The molecule has 2 aliphatic rings. The van der Waals surface area contributed by atoms with Crippen LogP contribution in [0.2, 0.25) is 0 Å². The summed E-state index contributed by atoms with van der Waals surface area (Å²) < 4.78 is 18.1. The molecule has 0 bridgehead atoms. The number of benzene rings is 1. The maximum atomic E-state index is 11.7. The summed E-state index contributed by atoms with van der Waals surface area (Å²) in [4.78, 5) is 22.6. The van der Waals surface area contributed by atoms with Gasteiger partial charge in [0.05, 0.1) is 39.8 Å². The molecule has 0 radical (unpaired) electrons. The number of hydrogen-bond acceptors (Lipinski definition) is 8. The van der Waals surface area contributed by atoms with Crippen LogP contribution >= 0.6 is 0 Å². The summed E-state index contributed by atoms with van der Waals surface area (Å²) in [6.45, 7) is 1.28. The lowest BCUT2D eigenvalue weighted by Crippen LogP contribution is -2.42. The van der Waals surface area contributed by atoms with E-state index in [1.54, 1.807) is 27.7 Å². The third-order valence-electron chi connectivity index (χ3n) is 5.41. The molecular weight excluding hydrogens is 400 g/mol. The summed E-state index contributed by atoms with van der Waals surface area (Å²) in [6.07, 6.45) is 7.21. The predicted molar refractivity (Wildman–Crippen MR) is 116 cm³/mol. The number of nitrogens with one attached hydrogen (secondary N) is 1. The molecule has 1 fully saturated rings. The number of likely N-dealkylation sites (tertiary alicyclic amines) is 1. The molecule has 10 nitrogen and oxygen atoms in total. The summed E-state index contributed by atoms with van der Waals surface area (Å²) >= 11 is 0. The maximum Gasteiger partial charge on any atom is 0.240 e. The molecule has 1 amide bonds. The minimum atomic E-state index is -0.306. The molecule has 10 heteroatoms. The fraction of sp³-hybridized carbons (Fsp3) is 0.381. The van der Waals surface area contributed by atoms with Crippen molar-refractivity contribution in [1.29, 1.82) is 0 Å². The number of hydrogen-bond donors (Lipinski definition) is 2. The van der Waals surface area contributed by atoms with Gasteiger partial charge in [0, 0.05) is 30.5 Å². The van der Waals surface area contributed by atoms with Crippen LogP contribution < -0.4 is 25.3 Å². The van der Waals surface area contributed by atoms with Crippen LogP contribution in [0.4, 0.5) is 5.82 Å². The Bertz CT molecular complexity index is 1020. The fourth-order valence-corrected chi connectivity index (χ4v) is 3.91. The Kier molecular flexibility index (Phi) is 5.70. The van der Waals surface area contributed by atoms with Crippen molar-refractivity contribution >= 4 is 17.6 Å². The highest BCUT2D eigenvalue weighted by Crippen LogP contribution is 2.39. The Morgan fingerprint density at radius 3 is 2.58 bits per heavy atom. The molecule has 31 heavy (non-hydrogen) atoms. The number of amidine groups is 1. The predicted octanol–water partition coefficient (Wildman–Crippen LogP) is 1.56. The highest BCUT2D eigenvalue weighted by atomic mass is 16.5. The van der Waals surface area contributed by atoms with Gasteiger partial charge in [-0.1, -0.05) is 0 Å². The van der Waals surface area contributed by atoms with Crippen LogP contribution in [0.15, 0.2) is 41.4 Å². The Balaban J connectivity index is 1.50. The van der Waals surface area contributed by atoms with Crippen molar-refractivity contribution in [2.24, 2.45) is 10.7 Å². The van der Waals surface area contributed by atoms with E-state index in [4.69, 9.17) is 19.9 Å². The van der Waals surface area contributed by atoms with E-state index in [1.807, 2.05) is 33.9 Å². The molecule has 0 aliphatic carbocycles. The van der Waals surface area contributed by atoms with E-state index in [9.17, 15) is 4.79 Å². The molecule has 0 spiro atoms. The number of carbonyl (C=O) groups excluding carboxylic acids is 1. The Morgan fingerprint density at radius 2 is 1.94 bits per heavy atom. The number of imidazole rings is 1. The number of nitrogens with zero attached hydrogens (tertiary/aromatic N) is 4. The lowest BCUT2D eigenvalue weighted by molar-refractivity contribution is -0.121. The maximum absolute atomic E-state index is 11.7. The van der Waals surface area contributed by atoms with Gasteiger partial charge in [0.15, 0.2) is 11.5 Å². The molecule has 3 heterocycles. The van der Waals surface area contributed by atoms with Gasteiger partial charge in [0.2, 0.25) is 11.7 Å². The lowest BCUT2D eigenvalue weighted by Gasteiger charge is -2.22. The number of aromatic nitrogens is 2. The number of carbonyl (C=O) groups is 1. The number of aliphatic imine (C=N–C) groups is 1.